The summed E-state index contributed by atoms with van der Waals surface area (Å²) in [4.78, 5) is 13.7. The molecule has 0 saturated carbocycles. The zero-order valence-electron chi connectivity index (χ0n) is 12.9. The number of nitrogens with zero attached hydrogens (tertiary/aromatic N) is 1. The molecule has 21 heavy (non-hydrogen) atoms. The fourth-order valence-corrected chi connectivity index (χ4v) is 2.33. The molecular formula is C16H23FN2O2. The summed E-state index contributed by atoms with van der Waals surface area (Å²) in [6, 6.07) is 6.83. The Hall–Kier alpha value is -1.78. The van der Waals surface area contributed by atoms with Crippen LogP contribution >= 0.6 is 0 Å². The van der Waals surface area contributed by atoms with E-state index < -0.39 is 5.60 Å². The van der Waals surface area contributed by atoms with Crippen LogP contribution in [0.3, 0.4) is 0 Å². The first kappa shape index (κ1) is 15.6. The molecule has 0 unspecified atom stereocenters. The van der Waals surface area contributed by atoms with Gasteiger partial charge in [-0.3, -0.25) is 0 Å². The average Bonchev–Trinajstić information content (AvgIpc) is 2.40. The summed E-state index contributed by atoms with van der Waals surface area (Å²) in [6.45, 7) is 6.83. The SMILES string of the molecule is CC(C)(C)OC(=O)N1CCC(Nc2ccccc2F)CC1. The third-order valence-electron chi connectivity index (χ3n) is 3.38. The van der Waals surface area contributed by atoms with Crippen molar-refractivity contribution >= 4 is 11.8 Å². The number of anilines is 1. The van der Waals surface area contributed by atoms with Crippen molar-refractivity contribution in [2.45, 2.75) is 45.3 Å². The van der Waals surface area contributed by atoms with Gasteiger partial charge >= 0.3 is 6.09 Å². The van der Waals surface area contributed by atoms with E-state index in [1.165, 1.54) is 6.07 Å². The van der Waals surface area contributed by atoms with E-state index >= 15 is 0 Å². The van der Waals surface area contributed by atoms with Crippen LogP contribution in [0, 0.1) is 5.82 Å². The van der Waals surface area contributed by atoms with E-state index in [0.29, 0.717) is 18.8 Å². The second-order valence-corrected chi connectivity index (χ2v) is 6.37. The Morgan fingerprint density at radius 2 is 1.90 bits per heavy atom. The van der Waals surface area contributed by atoms with Crippen molar-refractivity contribution in [3.8, 4) is 0 Å². The number of benzene rings is 1. The molecule has 0 radical (unpaired) electrons. The van der Waals surface area contributed by atoms with Crippen molar-refractivity contribution in [2.24, 2.45) is 0 Å². The van der Waals surface area contributed by atoms with Gasteiger partial charge in [0, 0.05) is 19.1 Å². The molecule has 1 saturated heterocycles. The highest BCUT2D eigenvalue weighted by Crippen LogP contribution is 2.20. The standard InChI is InChI=1S/C16H23FN2O2/c1-16(2,3)21-15(20)19-10-8-12(9-11-19)18-14-7-5-4-6-13(14)17/h4-7,12,18H,8-11H2,1-3H3. The molecule has 0 atom stereocenters. The average molecular weight is 294 g/mol. The lowest BCUT2D eigenvalue weighted by molar-refractivity contribution is 0.0210. The first-order chi connectivity index (χ1) is 9.85. The number of hydrogen-bond donors (Lipinski definition) is 1. The lowest BCUT2D eigenvalue weighted by Crippen LogP contribution is -2.44. The highest BCUT2D eigenvalue weighted by atomic mass is 19.1. The first-order valence-electron chi connectivity index (χ1n) is 7.34. The number of para-hydroxylation sites is 1. The van der Waals surface area contributed by atoms with Gasteiger partial charge in [0.25, 0.3) is 0 Å². The van der Waals surface area contributed by atoms with Gasteiger partial charge in [-0.25, -0.2) is 9.18 Å². The summed E-state index contributed by atoms with van der Waals surface area (Å²) < 4.78 is 18.9. The molecule has 0 spiro atoms. The van der Waals surface area contributed by atoms with Gasteiger partial charge < -0.3 is 15.0 Å². The first-order valence-corrected chi connectivity index (χ1v) is 7.34. The number of nitrogens with one attached hydrogen (secondary N) is 1. The van der Waals surface area contributed by atoms with Gasteiger partial charge in [-0.05, 0) is 45.7 Å². The van der Waals surface area contributed by atoms with Crippen molar-refractivity contribution in [3.63, 3.8) is 0 Å². The summed E-state index contributed by atoms with van der Waals surface area (Å²) in [7, 11) is 0. The molecule has 1 fully saturated rings. The number of carbonyl (C=O) groups excluding carboxylic acids is 1. The van der Waals surface area contributed by atoms with Gasteiger partial charge in [0.2, 0.25) is 0 Å². The van der Waals surface area contributed by atoms with Crippen molar-refractivity contribution < 1.29 is 13.9 Å². The van der Waals surface area contributed by atoms with Gasteiger partial charge in [0.05, 0.1) is 5.69 Å². The quantitative estimate of drug-likeness (QED) is 0.905. The molecule has 0 aromatic heterocycles. The van der Waals surface area contributed by atoms with Crippen molar-refractivity contribution in [1.82, 2.24) is 4.90 Å². The summed E-state index contributed by atoms with van der Waals surface area (Å²) in [5.74, 6) is -0.243. The summed E-state index contributed by atoms with van der Waals surface area (Å²) in [6.07, 6.45) is 1.30. The number of ether oxygens (including phenoxy) is 1. The van der Waals surface area contributed by atoms with Gasteiger partial charge in [0.1, 0.15) is 11.4 Å². The highest BCUT2D eigenvalue weighted by Gasteiger charge is 2.26. The predicted molar refractivity (Wildman–Crippen MR) is 80.9 cm³/mol. The van der Waals surface area contributed by atoms with Crippen LogP contribution in [-0.4, -0.2) is 35.7 Å². The third kappa shape index (κ3) is 4.62. The molecule has 1 heterocycles. The maximum atomic E-state index is 13.6. The van der Waals surface area contributed by atoms with E-state index in [2.05, 4.69) is 5.32 Å². The molecule has 1 aromatic rings. The van der Waals surface area contributed by atoms with Gasteiger partial charge in [0.15, 0.2) is 0 Å². The maximum Gasteiger partial charge on any atom is 0.410 e. The second-order valence-electron chi connectivity index (χ2n) is 6.37. The number of hydrogen-bond acceptors (Lipinski definition) is 3. The van der Waals surface area contributed by atoms with E-state index in [-0.39, 0.29) is 18.0 Å². The third-order valence-corrected chi connectivity index (χ3v) is 3.38. The highest BCUT2D eigenvalue weighted by molar-refractivity contribution is 5.68. The Bertz CT molecular complexity index is 491. The Morgan fingerprint density at radius 1 is 1.29 bits per heavy atom. The molecule has 1 aromatic carbocycles. The number of halogens is 1. The van der Waals surface area contributed by atoms with Gasteiger partial charge in [-0.2, -0.15) is 0 Å². The molecule has 1 amide bonds. The Labute approximate surface area is 125 Å². The Balaban J connectivity index is 1.83. The number of rotatable bonds is 2. The molecule has 5 heteroatoms. The van der Waals surface area contributed by atoms with Gasteiger partial charge in [-0.1, -0.05) is 12.1 Å². The zero-order chi connectivity index (χ0) is 15.5. The monoisotopic (exact) mass is 294 g/mol. The lowest BCUT2D eigenvalue weighted by Gasteiger charge is -2.34. The number of carbonyl (C=O) groups is 1. The van der Waals surface area contributed by atoms with Crippen molar-refractivity contribution in [1.29, 1.82) is 0 Å². The van der Waals surface area contributed by atoms with Crippen molar-refractivity contribution in [3.05, 3.63) is 30.1 Å². The van der Waals surface area contributed by atoms with Crippen LogP contribution < -0.4 is 5.32 Å². The molecule has 0 bridgehead atoms. The van der Waals surface area contributed by atoms with E-state index in [0.717, 1.165) is 12.8 Å². The van der Waals surface area contributed by atoms with E-state index in [1.54, 1.807) is 23.1 Å². The summed E-state index contributed by atoms with van der Waals surface area (Å²) in [5, 5.41) is 3.20. The largest absolute Gasteiger partial charge is 0.444 e. The summed E-state index contributed by atoms with van der Waals surface area (Å²) in [5.41, 5.74) is 0.0486. The Kier molecular flexibility index (Phi) is 4.70. The number of piperidine rings is 1. The second kappa shape index (κ2) is 6.33. The summed E-state index contributed by atoms with van der Waals surface area (Å²) >= 11 is 0. The lowest BCUT2D eigenvalue weighted by atomic mass is 10.0. The van der Waals surface area contributed by atoms with Crippen LogP contribution in [0.15, 0.2) is 24.3 Å². The minimum absolute atomic E-state index is 0.181. The minimum atomic E-state index is -0.473. The van der Waals surface area contributed by atoms with Crippen LogP contribution in [0.1, 0.15) is 33.6 Å². The molecule has 1 aliphatic rings. The fraction of sp³-hybridized carbons (Fsp3) is 0.562. The zero-order valence-corrected chi connectivity index (χ0v) is 12.9. The number of likely N-dealkylation sites (tertiary alicyclic amines) is 1. The number of amides is 1. The fourth-order valence-electron chi connectivity index (χ4n) is 2.33. The molecule has 116 valence electrons. The van der Waals surface area contributed by atoms with Crippen LogP contribution in [0.5, 0.6) is 0 Å². The topological polar surface area (TPSA) is 41.6 Å². The minimum Gasteiger partial charge on any atom is -0.444 e. The predicted octanol–water partition coefficient (Wildman–Crippen LogP) is 3.64. The van der Waals surface area contributed by atoms with E-state index in [9.17, 15) is 9.18 Å². The van der Waals surface area contributed by atoms with Crippen LogP contribution in [0.2, 0.25) is 0 Å². The van der Waals surface area contributed by atoms with E-state index in [1.807, 2.05) is 20.8 Å². The van der Waals surface area contributed by atoms with Crippen molar-refractivity contribution in [2.75, 3.05) is 18.4 Å². The molecule has 0 aliphatic carbocycles. The molecule has 4 nitrogen and oxygen atoms in total. The molecule has 1 aliphatic heterocycles. The molecule has 1 N–H and O–H groups in total. The maximum absolute atomic E-state index is 13.6. The van der Waals surface area contributed by atoms with E-state index in [4.69, 9.17) is 4.74 Å². The molecular weight excluding hydrogens is 271 g/mol. The normalized spacial score (nSPS) is 16.7. The van der Waals surface area contributed by atoms with Crippen LogP contribution in [0.4, 0.5) is 14.9 Å². The Morgan fingerprint density at radius 3 is 2.48 bits per heavy atom. The van der Waals surface area contributed by atoms with Gasteiger partial charge in [-0.15, -0.1) is 0 Å². The van der Waals surface area contributed by atoms with Crippen LogP contribution in [-0.2, 0) is 4.74 Å². The molecule has 2 rings (SSSR count). The smallest absolute Gasteiger partial charge is 0.410 e. The van der Waals surface area contributed by atoms with Crippen LogP contribution in [0.25, 0.3) is 0 Å².